The molecule has 2 N–H and O–H groups in total. The molecule has 0 saturated carbocycles. The summed E-state index contributed by atoms with van der Waals surface area (Å²) in [4.78, 5) is 12.7. The van der Waals surface area contributed by atoms with E-state index in [2.05, 4.69) is 32.0 Å². The van der Waals surface area contributed by atoms with Gasteiger partial charge in [0.1, 0.15) is 11.3 Å². The standard InChI is InChI=1S/C15H13F3O.C14H22N2O4S.C3H8/c1-2-19-12-9-7-11(8-10-12)13-5-3-4-6-14(13)15(16,17)18;1-5-9-16(6-2)21-11-8-7-10(19-3)13(20-4)12(11)14(17)15-18;1-3-2/h3-10H,2H2,1H3;7-8,18H,5-6,9H2,1-4H3,(H,15,17);3H2,1-2H3. The van der Waals surface area contributed by atoms with Gasteiger partial charge in [-0.05, 0) is 66.8 Å². The molecular weight excluding hydrogens is 581 g/mol. The quantitative estimate of drug-likeness (QED) is 0.125. The minimum atomic E-state index is -4.35. The molecule has 43 heavy (non-hydrogen) atoms. The van der Waals surface area contributed by atoms with Crippen LogP contribution in [-0.2, 0) is 6.18 Å². The lowest BCUT2D eigenvalue weighted by Crippen LogP contribution is -2.22. The fourth-order valence-electron chi connectivity index (χ4n) is 3.79. The number of carbonyl (C=O) groups is 1. The molecule has 3 rings (SSSR count). The molecule has 3 aromatic carbocycles. The number of methoxy groups -OCH3 is 2. The Morgan fingerprint density at radius 1 is 0.930 bits per heavy atom. The van der Waals surface area contributed by atoms with Crippen LogP contribution < -0.4 is 19.7 Å². The van der Waals surface area contributed by atoms with Crippen LogP contribution in [-0.4, -0.2) is 49.3 Å². The van der Waals surface area contributed by atoms with E-state index in [4.69, 9.17) is 19.4 Å². The Balaban J connectivity index is 0.000000395. The van der Waals surface area contributed by atoms with E-state index in [-0.39, 0.29) is 11.1 Å². The van der Waals surface area contributed by atoms with Crippen LogP contribution in [0, 0.1) is 0 Å². The van der Waals surface area contributed by atoms with Gasteiger partial charge in [0.25, 0.3) is 5.91 Å². The molecule has 238 valence electrons. The summed E-state index contributed by atoms with van der Waals surface area (Å²) < 4.78 is 56.6. The number of benzene rings is 3. The summed E-state index contributed by atoms with van der Waals surface area (Å²) in [5.41, 5.74) is 2.00. The number of alkyl halides is 3. The number of hydroxylamine groups is 1. The number of nitrogens with zero attached hydrogens (tertiary/aromatic N) is 1. The minimum absolute atomic E-state index is 0.179. The first kappa shape index (κ1) is 37.6. The van der Waals surface area contributed by atoms with Gasteiger partial charge in [0.05, 0.1) is 26.4 Å². The topological polar surface area (TPSA) is 80.3 Å². The smallest absolute Gasteiger partial charge is 0.417 e. The Morgan fingerprint density at radius 3 is 2.05 bits per heavy atom. The van der Waals surface area contributed by atoms with Crippen molar-refractivity contribution >= 4 is 17.9 Å². The maximum Gasteiger partial charge on any atom is 0.417 e. The Kier molecular flexibility index (Phi) is 17.2. The molecule has 0 radical (unpaired) electrons. The van der Waals surface area contributed by atoms with Crippen molar-refractivity contribution in [1.82, 2.24) is 9.79 Å². The zero-order valence-corrected chi connectivity index (χ0v) is 26.7. The van der Waals surface area contributed by atoms with Crippen LogP contribution >= 0.6 is 11.9 Å². The highest BCUT2D eigenvalue weighted by Gasteiger charge is 2.33. The molecule has 3 aromatic rings. The number of amides is 1. The summed E-state index contributed by atoms with van der Waals surface area (Å²) in [5, 5.41) is 8.97. The highest BCUT2D eigenvalue weighted by atomic mass is 32.2. The van der Waals surface area contributed by atoms with Gasteiger partial charge in [0, 0.05) is 18.0 Å². The first-order valence-corrected chi connectivity index (χ1v) is 14.8. The van der Waals surface area contributed by atoms with Gasteiger partial charge >= 0.3 is 6.18 Å². The molecular formula is C32H43F3N2O5S. The minimum Gasteiger partial charge on any atom is -0.494 e. The lowest BCUT2D eigenvalue weighted by molar-refractivity contribution is -0.137. The van der Waals surface area contributed by atoms with Gasteiger partial charge < -0.3 is 14.2 Å². The lowest BCUT2D eigenvalue weighted by Gasteiger charge is -2.21. The van der Waals surface area contributed by atoms with Crippen LogP contribution in [0.1, 0.15) is 63.4 Å². The van der Waals surface area contributed by atoms with Gasteiger partial charge in [-0.1, -0.05) is 64.4 Å². The number of hydrogen-bond donors (Lipinski definition) is 2. The highest BCUT2D eigenvalue weighted by Crippen LogP contribution is 2.39. The third-order valence-corrected chi connectivity index (χ3v) is 6.83. The molecule has 0 aliphatic rings. The first-order chi connectivity index (χ1) is 20.6. The summed E-state index contributed by atoms with van der Waals surface area (Å²) in [6, 6.07) is 15.7. The molecule has 0 heterocycles. The number of hydrogen-bond acceptors (Lipinski definition) is 7. The van der Waals surface area contributed by atoms with E-state index in [9.17, 15) is 18.0 Å². The second-order valence-electron chi connectivity index (χ2n) is 8.94. The van der Waals surface area contributed by atoms with E-state index in [1.165, 1.54) is 44.7 Å². The van der Waals surface area contributed by atoms with Crippen molar-refractivity contribution < 1.29 is 37.4 Å². The predicted molar refractivity (Wildman–Crippen MR) is 166 cm³/mol. The molecule has 11 heteroatoms. The maximum atomic E-state index is 12.9. The van der Waals surface area contributed by atoms with Crippen molar-refractivity contribution in [3.63, 3.8) is 0 Å². The van der Waals surface area contributed by atoms with Crippen molar-refractivity contribution in [2.24, 2.45) is 0 Å². The molecule has 0 saturated heterocycles. The number of rotatable bonds is 11. The van der Waals surface area contributed by atoms with E-state index < -0.39 is 17.6 Å². The normalized spacial score (nSPS) is 10.6. The van der Waals surface area contributed by atoms with Crippen LogP contribution in [0.3, 0.4) is 0 Å². The van der Waals surface area contributed by atoms with Gasteiger partial charge in [0.15, 0.2) is 11.5 Å². The zero-order chi connectivity index (χ0) is 32.4. The molecule has 7 nitrogen and oxygen atoms in total. The van der Waals surface area contributed by atoms with Crippen LogP contribution in [0.5, 0.6) is 17.2 Å². The third kappa shape index (κ3) is 11.7. The molecule has 0 spiro atoms. The van der Waals surface area contributed by atoms with E-state index in [1.807, 2.05) is 6.92 Å². The van der Waals surface area contributed by atoms with Gasteiger partial charge in [-0.3, -0.25) is 10.0 Å². The van der Waals surface area contributed by atoms with Gasteiger partial charge in [0.2, 0.25) is 0 Å². The SMILES string of the molecule is CCC.CCCN(CC)Sc1ccc(OC)c(OC)c1C(=O)NO.CCOc1ccc(-c2ccccc2C(F)(F)F)cc1. The Bertz CT molecular complexity index is 1240. The molecule has 0 bridgehead atoms. The highest BCUT2D eigenvalue weighted by molar-refractivity contribution is 7.97. The number of carbonyl (C=O) groups excluding carboxylic acids is 1. The molecule has 0 aliphatic heterocycles. The van der Waals surface area contributed by atoms with Gasteiger partial charge in [-0.15, -0.1) is 0 Å². The molecule has 0 atom stereocenters. The lowest BCUT2D eigenvalue weighted by atomic mass is 9.99. The average molecular weight is 625 g/mol. The second kappa shape index (κ2) is 19.7. The maximum absolute atomic E-state index is 12.9. The Morgan fingerprint density at radius 2 is 1.56 bits per heavy atom. The molecule has 0 unspecified atom stereocenters. The van der Waals surface area contributed by atoms with E-state index in [1.54, 1.807) is 47.9 Å². The van der Waals surface area contributed by atoms with E-state index in [0.29, 0.717) is 34.3 Å². The molecule has 1 amide bonds. The fraction of sp³-hybridized carbons (Fsp3) is 0.406. The molecule has 0 aliphatic carbocycles. The summed E-state index contributed by atoms with van der Waals surface area (Å²) in [5.74, 6) is 0.775. The van der Waals surface area contributed by atoms with Crippen molar-refractivity contribution in [2.45, 2.75) is 58.5 Å². The van der Waals surface area contributed by atoms with Crippen molar-refractivity contribution in [3.8, 4) is 28.4 Å². The largest absolute Gasteiger partial charge is 0.494 e. The van der Waals surface area contributed by atoms with Crippen molar-refractivity contribution in [1.29, 1.82) is 0 Å². The Labute approximate surface area is 257 Å². The summed E-state index contributed by atoms with van der Waals surface area (Å²) >= 11 is 1.46. The van der Waals surface area contributed by atoms with Crippen molar-refractivity contribution in [2.75, 3.05) is 33.9 Å². The van der Waals surface area contributed by atoms with Crippen molar-refractivity contribution in [3.05, 3.63) is 71.8 Å². The Hall–Kier alpha value is -3.41. The van der Waals surface area contributed by atoms with Crippen LogP contribution in [0.2, 0.25) is 0 Å². The predicted octanol–water partition coefficient (Wildman–Crippen LogP) is 8.75. The zero-order valence-electron chi connectivity index (χ0n) is 25.9. The van der Waals surface area contributed by atoms with Crippen LogP contribution in [0.25, 0.3) is 11.1 Å². The molecule has 0 fully saturated rings. The van der Waals surface area contributed by atoms with Crippen LogP contribution in [0.4, 0.5) is 13.2 Å². The average Bonchev–Trinajstić information content (AvgIpc) is 3.01. The van der Waals surface area contributed by atoms with Gasteiger partial charge in [-0.2, -0.15) is 13.2 Å². The number of nitrogens with one attached hydrogen (secondary N) is 1. The first-order valence-electron chi connectivity index (χ1n) is 14.1. The van der Waals surface area contributed by atoms with E-state index in [0.717, 1.165) is 25.6 Å². The van der Waals surface area contributed by atoms with E-state index >= 15 is 0 Å². The number of halogens is 3. The monoisotopic (exact) mass is 624 g/mol. The summed E-state index contributed by atoms with van der Waals surface area (Å²) in [6.07, 6.45) is -2.09. The number of ether oxygens (including phenoxy) is 3. The third-order valence-electron chi connectivity index (χ3n) is 5.60. The van der Waals surface area contributed by atoms with Gasteiger partial charge in [-0.25, -0.2) is 9.79 Å². The van der Waals surface area contributed by atoms with Crippen LogP contribution in [0.15, 0.2) is 65.6 Å². The summed E-state index contributed by atoms with van der Waals surface area (Å²) in [7, 11) is 2.96. The fourth-order valence-corrected chi connectivity index (χ4v) is 4.88. The molecule has 0 aromatic heterocycles. The summed E-state index contributed by atoms with van der Waals surface area (Å²) in [6.45, 7) is 12.5. The second-order valence-corrected chi connectivity index (χ2v) is 10.1.